The van der Waals surface area contributed by atoms with Crippen molar-refractivity contribution in [2.75, 3.05) is 6.54 Å². The van der Waals surface area contributed by atoms with Gasteiger partial charge in [-0.05, 0) is 43.7 Å². The first-order valence-corrected chi connectivity index (χ1v) is 7.89. The Bertz CT molecular complexity index is 667. The summed E-state index contributed by atoms with van der Waals surface area (Å²) in [6.07, 6.45) is 0. The van der Waals surface area contributed by atoms with E-state index in [2.05, 4.69) is 10.6 Å². The number of carbonyl (C=O) groups is 2. The molecule has 0 aliphatic heterocycles. The van der Waals surface area contributed by atoms with E-state index in [0.29, 0.717) is 17.9 Å². The first-order valence-electron chi connectivity index (χ1n) is 7.89. The van der Waals surface area contributed by atoms with Gasteiger partial charge in [-0.3, -0.25) is 9.59 Å². The lowest BCUT2D eigenvalue weighted by Gasteiger charge is -2.10. The molecular formula is C19H22N2O3. The molecule has 0 aromatic heterocycles. The summed E-state index contributed by atoms with van der Waals surface area (Å²) >= 11 is 0. The standard InChI is InChI=1S/C19H22N2O3/c1-14(2)21-18(22)12-20-19(23)16-8-10-17(11-9-16)24-13-15-6-4-3-5-7-15/h3-11,14H,12-13H2,1-2H3,(H,20,23)(H,21,22). The highest BCUT2D eigenvalue weighted by molar-refractivity contribution is 5.96. The van der Waals surface area contributed by atoms with E-state index in [1.54, 1.807) is 24.3 Å². The fraction of sp³-hybridized carbons (Fsp3) is 0.263. The molecule has 0 atom stereocenters. The van der Waals surface area contributed by atoms with Gasteiger partial charge in [0.05, 0.1) is 6.54 Å². The minimum absolute atomic E-state index is 0.0384. The van der Waals surface area contributed by atoms with E-state index in [0.717, 1.165) is 5.56 Å². The zero-order valence-corrected chi connectivity index (χ0v) is 13.9. The molecule has 2 aromatic rings. The molecule has 0 radical (unpaired) electrons. The number of carbonyl (C=O) groups excluding carboxylic acids is 2. The van der Waals surface area contributed by atoms with E-state index in [1.165, 1.54) is 0 Å². The summed E-state index contributed by atoms with van der Waals surface area (Å²) in [6, 6.07) is 16.7. The molecule has 5 nitrogen and oxygen atoms in total. The number of nitrogens with one attached hydrogen (secondary N) is 2. The topological polar surface area (TPSA) is 67.4 Å². The van der Waals surface area contributed by atoms with Crippen LogP contribution in [0.15, 0.2) is 54.6 Å². The Labute approximate surface area is 142 Å². The first kappa shape index (κ1) is 17.5. The smallest absolute Gasteiger partial charge is 0.251 e. The van der Waals surface area contributed by atoms with Gasteiger partial charge in [0.25, 0.3) is 5.91 Å². The SMILES string of the molecule is CC(C)NC(=O)CNC(=O)c1ccc(OCc2ccccc2)cc1. The van der Waals surface area contributed by atoms with E-state index in [1.807, 2.05) is 44.2 Å². The van der Waals surface area contributed by atoms with Crippen LogP contribution in [0.25, 0.3) is 0 Å². The molecule has 2 N–H and O–H groups in total. The second-order valence-electron chi connectivity index (χ2n) is 5.70. The number of hydrogen-bond donors (Lipinski definition) is 2. The first-order chi connectivity index (χ1) is 11.5. The second-order valence-corrected chi connectivity index (χ2v) is 5.70. The Hall–Kier alpha value is -2.82. The van der Waals surface area contributed by atoms with Crippen LogP contribution in [0.1, 0.15) is 29.8 Å². The average molecular weight is 326 g/mol. The zero-order chi connectivity index (χ0) is 17.4. The van der Waals surface area contributed by atoms with Crippen LogP contribution in [-0.2, 0) is 11.4 Å². The molecule has 2 rings (SSSR count). The summed E-state index contributed by atoms with van der Waals surface area (Å²) in [7, 11) is 0. The zero-order valence-electron chi connectivity index (χ0n) is 13.9. The summed E-state index contributed by atoms with van der Waals surface area (Å²) < 4.78 is 5.67. The normalized spacial score (nSPS) is 10.3. The van der Waals surface area contributed by atoms with Crippen LogP contribution >= 0.6 is 0 Å². The summed E-state index contributed by atoms with van der Waals surface area (Å²) in [4.78, 5) is 23.5. The Morgan fingerprint density at radius 3 is 2.29 bits per heavy atom. The highest BCUT2D eigenvalue weighted by atomic mass is 16.5. The molecule has 24 heavy (non-hydrogen) atoms. The Balaban J connectivity index is 1.82. The predicted molar refractivity (Wildman–Crippen MR) is 92.8 cm³/mol. The third-order valence-corrected chi connectivity index (χ3v) is 3.22. The largest absolute Gasteiger partial charge is 0.489 e. The van der Waals surface area contributed by atoms with Crippen LogP contribution in [0.4, 0.5) is 0 Å². The number of amides is 2. The van der Waals surface area contributed by atoms with E-state index in [-0.39, 0.29) is 24.4 Å². The second kappa shape index (κ2) is 8.72. The average Bonchev–Trinajstić information content (AvgIpc) is 2.58. The van der Waals surface area contributed by atoms with E-state index in [4.69, 9.17) is 4.74 Å². The van der Waals surface area contributed by atoms with Crippen LogP contribution in [-0.4, -0.2) is 24.4 Å². The van der Waals surface area contributed by atoms with Gasteiger partial charge in [0.1, 0.15) is 12.4 Å². The monoisotopic (exact) mass is 326 g/mol. The molecule has 0 heterocycles. The van der Waals surface area contributed by atoms with Crippen molar-refractivity contribution in [3.8, 4) is 5.75 Å². The van der Waals surface area contributed by atoms with Crippen molar-refractivity contribution in [2.45, 2.75) is 26.5 Å². The maximum Gasteiger partial charge on any atom is 0.251 e. The van der Waals surface area contributed by atoms with Crippen molar-refractivity contribution in [2.24, 2.45) is 0 Å². The quantitative estimate of drug-likeness (QED) is 0.821. The molecule has 0 aliphatic rings. The van der Waals surface area contributed by atoms with Gasteiger partial charge in [-0.2, -0.15) is 0 Å². The highest BCUT2D eigenvalue weighted by Gasteiger charge is 2.09. The third kappa shape index (κ3) is 5.76. The third-order valence-electron chi connectivity index (χ3n) is 3.22. The molecule has 5 heteroatoms. The molecule has 2 amide bonds. The molecule has 0 unspecified atom stereocenters. The highest BCUT2D eigenvalue weighted by Crippen LogP contribution is 2.14. The fourth-order valence-electron chi connectivity index (χ4n) is 2.08. The minimum atomic E-state index is -0.288. The molecule has 0 fully saturated rings. The van der Waals surface area contributed by atoms with Crippen LogP contribution < -0.4 is 15.4 Å². The van der Waals surface area contributed by atoms with Gasteiger partial charge in [0.15, 0.2) is 0 Å². The van der Waals surface area contributed by atoms with Gasteiger partial charge in [-0.1, -0.05) is 30.3 Å². The van der Waals surface area contributed by atoms with Crippen molar-refractivity contribution < 1.29 is 14.3 Å². The van der Waals surface area contributed by atoms with Gasteiger partial charge in [0, 0.05) is 11.6 Å². The molecule has 0 spiro atoms. The maximum atomic E-state index is 12.0. The van der Waals surface area contributed by atoms with Crippen LogP contribution in [0.2, 0.25) is 0 Å². The number of rotatable bonds is 7. The van der Waals surface area contributed by atoms with Crippen molar-refractivity contribution in [1.29, 1.82) is 0 Å². The molecule has 0 saturated heterocycles. The van der Waals surface area contributed by atoms with Crippen LogP contribution in [0.5, 0.6) is 5.75 Å². The summed E-state index contributed by atoms with van der Waals surface area (Å²) in [5.41, 5.74) is 1.56. The lowest BCUT2D eigenvalue weighted by molar-refractivity contribution is -0.120. The maximum absolute atomic E-state index is 12.0. The minimum Gasteiger partial charge on any atom is -0.489 e. The summed E-state index contributed by atoms with van der Waals surface area (Å²) in [5, 5.41) is 5.31. The van der Waals surface area contributed by atoms with Gasteiger partial charge in [-0.25, -0.2) is 0 Å². The van der Waals surface area contributed by atoms with Crippen LogP contribution in [0.3, 0.4) is 0 Å². The lowest BCUT2D eigenvalue weighted by Crippen LogP contribution is -2.39. The van der Waals surface area contributed by atoms with Gasteiger partial charge < -0.3 is 15.4 Å². The number of ether oxygens (including phenoxy) is 1. The summed E-state index contributed by atoms with van der Waals surface area (Å²) in [6.45, 7) is 4.17. The van der Waals surface area contributed by atoms with Gasteiger partial charge >= 0.3 is 0 Å². The Morgan fingerprint density at radius 2 is 1.67 bits per heavy atom. The fourth-order valence-corrected chi connectivity index (χ4v) is 2.08. The van der Waals surface area contributed by atoms with Crippen molar-refractivity contribution in [1.82, 2.24) is 10.6 Å². The van der Waals surface area contributed by atoms with E-state index in [9.17, 15) is 9.59 Å². The number of benzene rings is 2. The van der Waals surface area contributed by atoms with Gasteiger partial charge in [-0.15, -0.1) is 0 Å². The van der Waals surface area contributed by atoms with Crippen molar-refractivity contribution >= 4 is 11.8 Å². The molecule has 0 saturated carbocycles. The molecule has 2 aromatic carbocycles. The molecule has 0 bridgehead atoms. The lowest BCUT2D eigenvalue weighted by atomic mass is 10.2. The molecule has 126 valence electrons. The van der Waals surface area contributed by atoms with E-state index < -0.39 is 0 Å². The van der Waals surface area contributed by atoms with Gasteiger partial charge in [0.2, 0.25) is 5.91 Å². The molecular weight excluding hydrogens is 304 g/mol. The summed E-state index contributed by atoms with van der Waals surface area (Å²) in [5.74, 6) is 0.192. The predicted octanol–water partition coefficient (Wildman–Crippen LogP) is 2.52. The number of hydrogen-bond acceptors (Lipinski definition) is 3. The molecule has 0 aliphatic carbocycles. The van der Waals surface area contributed by atoms with Crippen LogP contribution in [0, 0.1) is 0 Å². The Morgan fingerprint density at radius 1 is 1.00 bits per heavy atom. The Kier molecular flexibility index (Phi) is 6.37. The van der Waals surface area contributed by atoms with E-state index >= 15 is 0 Å². The van der Waals surface area contributed by atoms with Crippen molar-refractivity contribution in [3.63, 3.8) is 0 Å². The van der Waals surface area contributed by atoms with Crippen molar-refractivity contribution in [3.05, 3.63) is 65.7 Å².